The molecule has 0 atom stereocenters. The minimum Gasteiger partial charge on any atom is -0.384 e. The molecule has 5 heteroatoms. The molecule has 5 nitrogen and oxygen atoms in total. The molecule has 0 aliphatic heterocycles. The Morgan fingerprint density at radius 1 is 1.35 bits per heavy atom. The van der Waals surface area contributed by atoms with Gasteiger partial charge < -0.3 is 16.4 Å². The summed E-state index contributed by atoms with van der Waals surface area (Å²) in [6, 6.07) is 1.95. The van der Waals surface area contributed by atoms with Crippen LogP contribution < -0.4 is 16.4 Å². The van der Waals surface area contributed by atoms with Crippen LogP contribution in [0.5, 0.6) is 0 Å². The van der Waals surface area contributed by atoms with Crippen molar-refractivity contribution in [1.82, 2.24) is 4.98 Å². The van der Waals surface area contributed by atoms with Crippen molar-refractivity contribution in [2.45, 2.75) is 20.8 Å². The molecule has 0 saturated carbocycles. The first-order chi connectivity index (χ1) is 7.95. The zero-order chi connectivity index (χ0) is 12.9. The minimum atomic E-state index is -0.575. The molecule has 0 unspecified atom stereocenters. The van der Waals surface area contributed by atoms with Gasteiger partial charge in [0.2, 0.25) is 5.91 Å². The fourth-order valence-corrected chi connectivity index (χ4v) is 1.25. The molecule has 4 N–H and O–H groups in total. The van der Waals surface area contributed by atoms with Crippen LogP contribution in [-0.2, 0) is 4.79 Å². The summed E-state index contributed by atoms with van der Waals surface area (Å²) in [7, 11) is 0. The fraction of sp³-hybridized carbons (Fsp3) is 0.500. The number of pyridine rings is 1. The Kier molecular flexibility index (Phi) is 4.31. The molecule has 0 aromatic carbocycles. The predicted octanol–water partition coefficient (Wildman–Crippen LogP) is 1.44. The van der Waals surface area contributed by atoms with Crippen molar-refractivity contribution in [2.75, 3.05) is 23.7 Å². The first kappa shape index (κ1) is 13.3. The first-order valence-corrected chi connectivity index (χ1v) is 5.68. The molecular formula is C12H20N4O. The molecule has 0 saturated heterocycles. The Labute approximate surface area is 102 Å². The highest BCUT2D eigenvalue weighted by Crippen LogP contribution is 2.17. The number of nitrogens with zero attached hydrogens (tertiary/aromatic N) is 1. The zero-order valence-electron chi connectivity index (χ0n) is 10.6. The van der Waals surface area contributed by atoms with Crippen molar-refractivity contribution in [1.29, 1.82) is 0 Å². The molecule has 1 rings (SSSR count). The van der Waals surface area contributed by atoms with Gasteiger partial charge in [-0.15, -0.1) is 0 Å². The van der Waals surface area contributed by atoms with Gasteiger partial charge in [0, 0.05) is 13.1 Å². The minimum absolute atomic E-state index is 0.319. The van der Waals surface area contributed by atoms with Gasteiger partial charge >= 0.3 is 0 Å². The average molecular weight is 236 g/mol. The number of carbonyl (C=O) groups excluding carboxylic acids is 1. The van der Waals surface area contributed by atoms with Crippen LogP contribution >= 0.6 is 0 Å². The van der Waals surface area contributed by atoms with Crippen molar-refractivity contribution in [3.63, 3.8) is 0 Å². The maximum atomic E-state index is 11.2. The molecule has 1 heterocycles. The lowest BCUT2D eigenvalue weighted by atomic mass is 9.93. The second kappa shape index (κ2) is 5.52. The number of amides is 1. The largest absolute Gasteiger partial charge is 0.384 e. The van der Waals surface area contributed by atoms with Gasteiger partial charge in [0.05, 0.1) is 29.2 Å². The van der Waals surface area contributed by atoms with Crippen LogP contribution in [0.25, 0.3) is 0 Å². The molecule has 1 aromatic heterocycles. The van der Waals surface area contributed by atoms with Gasteiger partial charge in [0.1, 0.15) is 0 Å². The van der Waals surface area contributed by atoms with E-state index in [9.17, 15) is 4.79 Å². The number of rotatable bonds is 6. The summed E-state index contributed by atoms with van der Waals surface area (Å²) in [6.07, 6.45) is 3.48. The Morgan fingerprint density at radius 2 is 1.94 bits per heavy atom. The maximum absolute atomic E-state index is 11.2. The van der Waals surface area contributed by atoms with Crippen LogP contribution in [0, 0.1) is 5.41 Å². The standard InChI is InChI=1S/C12H20N4O/c1-4-15-9-5-10(7-14-6-9)16-8-12(2,3)11(13)17/h5-7,15-16H,4,8H2,1-3H3,(H2,13,17). The molecular weight excluding hydrogens is 216 g/mol. The van der Waals surface area contributed by atoms with Crippen LogP contribution in [0.1, 0.15) is 20.8 Å². The summed E-state index contributed by atoms with van der Waals surface area (Å²) in [5, 5.41) is 6.34. The smallest absolute Gasteiger partial charge is 0.224 e. The van der Waals surface area contributed by atoms with Gasteiger partial charge in [-0.05, 0) is 26.8 Å². The van der Waals surface area contributed by atoms with E-state index >= 15 is 0 Å². The number of hydrogen-bond donors (Lipinski definition) is 3. The van der Waals surface area contributed by atoms with E-state index in [0.29, 0.717) is 6.54 Å². The Hall–Kier alpha value is -1.78. The molecule has 1 amide bonds. The van der Waals surface area contributed by atoms with E-state index in [0.717, 1.165) is 17.9 Å². The number of hydrogen-bond acceptors (Lipinski definition) is 4. The first-order valence-electron chi connectivity index (χ1n) is 5.68. The second-order valence-electron chi connectivity index (χ2n) is 4.59. The van der Waals surface area contributed by atoms with Crippen molar-refractivity contribution < 1.29 is 4.79 Å². The normalized spacial score (nSPS) is 11.0. The van der Waals surface area contributed by atoms with Gasteiger partial charge in [-0.2, -0.15) is 0 Å². The van der Waals surface area contributed by atoms with Gasteiger partial charge in [0.25, 0.3) is 0 Å². The molecule has 1 aromatic rings. The summed E-state index contributed by atoms with van der Waals surface area (Å²) in [4.78, 5) is 15.3. The lowest BCUT2D eigenvalue weighted by Gasteiger charge is -2.21. The summed E-state index contributed by atoms with van der Waals surface area (Å²) in [5.41, 5.74) is 6.56. The third-order valence-electron chi connectivity index (χ3n) is 2.52. The van der Waals surface area contributed by atoms with E-state index in [4.69, 9.17) is 5.73 Å². The lowest BCUT2D eigenvalue weighted by molar-refractivity contribution is -0.125. The Balaban J connectivity index is 2.63. The molecule has 94 valence electrons. The van der Waals surface area contributed by atoms with Crippen LogP contribution in [-0.4, -0.2) is 24.0 Å². The number of nitrogens with one attached hydrogen (secondary N) is 2. The molecule has 0 aliphatic carbocycles. The highest BCUT2D eigenvalue weighted by molar-refractivity contribution is 5.80. The van der Waals surface area contributed by atoms with Crippen LogP contribution in [0.3, 0.4) is 0 Å². The third-order valence-corrected chi connectivity index (χ3v) is 2.52. The number of anilines is 2. The van der Waals surface area contributed by atoms with Crippen molar-refractivity contribution in [3.8, 4) is 0 Å². The molecule has 0 fully saturated rings. The van der Waals surface area contributed by atoms with E-state index in [2.05, 4.69) is 15.6 Å². The average Bonchev–Trinajstić information content (AvgIpc) is 2.27. The molecule has 0 bridgehead atoms. The lowest BCUT2D eigenvalue weighted by Crippen LogP contribution is -2.37. The topological polar surface area (TPSA) is 80.0 Å². The van der Waals surface area contributed by atoms with E-state index in [1.54, 1.807) is 12.4 Å². The monoisotopic (exact) mass is 236 g/mol. The molecule has 0 radical (unpaired) electrons. The van der Waals surface area contributed by atoms with Crippen molar-refractivity contribution >= 4 is 17.3 Å². The SMILES string of the molecule is CCNc1cncc(NCC(C)(C)C(N)=O)c1. The van der Waals surface area contributed by atoms with Gasteiger partial charge in [-0.3, -0.25) is 9.78 Å². The Morgan fingerprint density at radius 3 is 2.47 bits per heavy atom. The molecule has 0 spiro atoms. The number of aromatic nitrogens is 1. The predicted molar refractivity (Wildman–Crippen MR) is 69.9 cm³/mol. The zero-order valence-corrected chi connectivity index (χ0v) is 10.6. The number of carbonyl (C=O) groups is 1. The van der Waals surface area contributed by atoms with Crippen molar-refractivity contribution in [2.24, 2.45) is 11.1 Å². The Bertz CT molecular complexity index is 390. The molecule has 17 heavy (non-hydrogen) atoms. The summed E-state index contributed by atoms with van der Waals surface area (Å²) in [5.74, 6) is -0.319. The quantitative estimate of drug-likeness (QED) is 0.698. The van der Waals surface area contributed by atoms with E-state index in [1.807, 2.05) is 26.8 Å². The fourth-order valence-electron chi connectivity index (χ4n) is 1.25. The summed E-state index contributed by atoms with van der Waals surface area (Å²) in [6.45, 7) is 6.97. The second-order valence-corrected chi connectivity index (χ2v) is 4.59. The van der Waals surface area contributed by atoms with Crippen LogP contribution in [0.2, 0.25) is 0 Å². The van der Waals surface area contributed by atoms with E-state index in [1.165, 1.54) is 0 Å². The molecule has 0 aliphatic rings. The van der Waals surface area contributed by atoms with Gasteiger partial charge in [0.15, 0.2) is 0 Å². The third kappa shape index (κ3) is 3.94. The van der Waals surface area contributed by atoms with Crippen LogP contribution in [0.4, 0.5) is 11.4 Å². The van der Waals surface area contributed by atoms with Gasteiger partial charge in [-0.25, -0.2) is 0 Å². The maximum Gasteiger partial charge on any atom is 0.224 e. The van der Waals surface area contributed by atoms with Crippen LogP contribution in [0.15, 0.2) is 18.5 Å². The summed E-state index contributed by atoms with van der Waals surface area (Å²) < 4.78 is 0. The number of nitrogens with two attached hydrogens (primary N) is 1. The highest BCUT2D eigenvalue weighted by Gasteiger charge is 2.24. The highest BCUT2D eigenvalue weighted by atomic mass is 16.1. The van der Waals surface area contributed by atoms with Gasteiger partial charge in [-0.1, -0.05) is 0 Å². The van der Waals surface area contributed by atoms with E-state index in [-0.39, 0.29) is 5.91 Å². The summed E-state index contributed by atoms with van der Waals surface area (Å²) >= 11 is 0. The van der Waals surface area contributed by atoms with Crippen molar-refractivity contribution in [3.05, 3.63) is 18.5 Å². The van der Waals surface area contributed by atoms with E-state index < -0.39 is 5.41 Å². The number of primary amides is 1.